The normalized spacial score (nSPS) is 18.2. The summed E-state index contributed by atoms with van der Waals surface area (Å²) in [5, 5.41) is 27.7. The fraction of sp³-hybridized carbons (Fsp3) is 0.708. The van der Waals surface area contributed by atoms with Crippen LogP contribution in [0.15, 0.2) is 0 Å². The van der Waals surface area contributed by atoms with Gasteiger partial charge in [-0.05, 0) is 40.5 Å². The summed E-state index contributed by atoms with van der Waals surface area (Å²) in [7, 11) is 0. The van der Waals surface area contributed by atoms with E-state index >= 15 is 0 Å². The summed E-state index contributed by atoms with van der Waals surface area (Å²) in [5.74, 6) is -5.98. The van der Waals surface area contributed by atoms with Crippen molar-refractivity contribution in [3.05, 3.63) is 0 Å². The first kappa shape index (κ1) is 34.1. The molecule has 0 saturated carbocycles. The molecule has 2 unspecified atom stereocenters. The van der Waals surface area contributed by atoms with Crippen molar-refractivity contribution in [3.8, 4) is 0 Å². The Bertz CT molecular complexity index is 964. The first-order chi connectivity index (χ1) is 18.6. The summed E-state index contributed by atoms with van der Waals surface area (Å²) in [6, 6.07) is -4.21. The quantitative estimate of drug-likeness (QED) is 0.0965. The maximum Gasteiger partial charge on any atom is 0.408 e. The van der Waals surface area contributed by atoms with Crippen LogP contribution in [0, 0.1) is 0 Å². The molecule has 1 fully saturated rings. The van der Waals surface area contributed by atoms with E-state index in [1.807, 2.05) is 0 Å². The van der Waals surface area contributed by atoms with Gasteiger partial charge < -0.3 is 45.7 Å². The van der Waals surface area contributed by atoms with E-state index in [9.17, 15) is 38.7 Å². The Morgan fingerprint density at radius 3 is 1.93 bits per heavy atom. The van der Waals surface area contributed by atoms with Gasteiger partial charge in [-0.3, -0.25) is 19.2 Å². The fourth-order valence-electron chi connectivity index (χ4n) is 3.31. The molecule has 1 saturated heterocycles. The lowest BCUT2D eigenvalue weighted by Gasteiger charge is -2.25. The Hall–Kier alpha value is -3.95. The minimum absolute atomic E-state index is 0.0749. The molecular weight excluding hydrogens is 536 g/mol. The van der Waals surface area contributed by atoms with Gasteiger partial charge in [-0.1, -0.05) is 13.3 Å². The van der Waals surface area contributed by atoms with Gasteiger partial charge in [0.1, 0.15) is 23.7 Å². The van der Waals surface area contributed by atoms with E-state index in [1.165, 1.54) is 0 Å². The van der Waals surface area contributed by atoms with Gasteiger partial charge in [0.25, 0.3) is 5.91 Å². The zero-order chi connectivity index (χ0) is 30.6. The van der Waals surface area contributed by atoms with Crippen LogP contribution < -0.4 is 21.3 Å². The first-order valence-electron chi connectivity index (χ1n) is 12.7. The number of carboxylic acids is 2. The number of epoxide rings is 1. The number of amides is 4. The number of hydrogen-bond donors (Lipinski definition) is 6. The minimum Gasteiger partial charge on any atom is -0.481 e. The molecule has 226 valence electrons. The van der Waals surface area contributed by atoms with Crippen molar-refractivity contribution in [2.75, 3.05) is 13.2 Å². The fourth-order valence-corrected chi connectivity index (χ4v) is 3.31. The number of alkyl carbamates (subject to hydrolysis) is 1. The zero-order valence-electron chi connectivity index (χ0n) is 23.1. The van der Waals surface area contributed by atoms with Crippen molar-refractivity contribution in [3.63, 3.8) is 0 Å². The van der Waals surface area contributed by atoms with Crippen molar-refractivity contribution < 1.29 is 58.0 Å². The molecular formula is C24H38N4O12. The summed E-state index contributed by atoms with van der Waals surface area (Å²) in [4.78, 5) is 84.5. The molecule has 1 aliphatic heterocycles. The molecule has 6 N–H and O–H groups in total. The lowest BCUT2D eigenvalue weighted by atomic mass is 10.1. The highest BCUT2D eigenvalue weighted by Gasteiger charge is 2.51. The van der Waals surface area contributed by atoms with Crippen molar-refractivity contribution >= 4 is 41.7 Å². The third-order valence-electron chi connectivity index (χ3n) is 5.23. The molecule has 5 atom stereocenters. The highest BCUT2D eigenvalue weighted by Crippen LogP contribution is 2.23. The van der Waals surface area contributed by atoms with E-state index in [0.717, 1.165) is 0 Å². The molecule has 0 aromatic carbocycles. The molecule has 0 spiro atoms. The molecule has 1 aliphatic rings. The average molecular weight is 575 g/mol. The summed E-state index contributed by atoms with van der Waals surface area (Å²) in [6.45, 7) is 7.61. The minimum atomic E-state index is -1.60. The van der Waals surface area contributed by atoms with Crippen LogP contribution >= 0.6 is 0 Å². The lowest BCUT2D eigenvalue weighted by Crippen LogP contribution is -2.57. The van der Waals surface area contributed by atoms with Gasteiger partial charge in [-0.15, -0.1) is 0 Å². The van der Waals surface area contributed by atoms with E-state index in [1.54, 1.807) is 34.6 Å². The van der Waals surface area contributed by atoms with E-state index in [0.29, 0.717) is 6.42 Å². The van der Waals surface area contributed by atoms with Crippen LogP contribution in [0.2, 0.25) is 0 Å². The number of carbonyl (C=O) groups is 7. The molecule has 40 heavy (non-hydrogen) atoms. The maximum absolute atomic E-state index is 12.9. The van der Waals surface area contributed by atoms with Crippen molar-refractivity contribution in [1.29, 1.82) is 0 Å². The van der Waals surface area contributed by atoms with Gasteiger partial charge >= 0.3 is 24.0 Å². The van der Waals surface area contributed by atoms with Crippen molar-refractivity contribution in [2.45, 2.75) is 96.2 Å². The van der Waals surface area contributed by atoms with Crippen molar-refractivity contribution in [2.24, 2.45) is 0 Å². The largest absolute Gasteiger partial charge is 0.481 e. The summed E-state index contributed by atoms with van der Waals surface area (Å²) < 4.78 is 14.8. The maximum atomic E-state index is 12.9. The standard InChI is InChI=1S/C24H38N4O12/c1-6-8-12(26-19(32)13(9-10-15(29)30)28-23(37)40-24(3,4)5)18(31)27-14(21(34)35)11-25-20(33)16-17(39-16)22(36)38-7-2/h12-14,16-17H,6-11H2,1-5H3,(H,25,33)(H,26,32)(H,27,31)(H,28,37)(H,29,30)(H,34,35)/t12-,13-,14-,16?,17?/m0/s1. The summed E-state index contributed by atoms with van der Waals surface area (Å²) in [5.41, 5.74) is -0.894. The second-order valence-corrected chi connectivity index (χ2v) is 9.85. The molecule has 0 aliphatic carbocycles. The number of rotatable bonds is 16. The van der Waals surface area contributed by atoms with Gasteiger partial charge in [-0.2, -0.15) is 0 Å². The Labute approximate surface area is 230 Å². The van der Waals surface area contributed by atoms with Crippen LogP contribution in [0.25, 0.3) is 0 Å². The second kappa shape index (κ2) is 15.6. The number of hydrogen-bond acceptors (Lipinski definition) is 10. The third-order valence-corrected chi connectivity index (χ3v) is 5.23. The van der Waals surface area contributed by atoms with Crippen LogP contribution in [0.5, 0.6) is 0 Å². The summed E-state index contributed by atoms with van der Waals surface area (Å²) >= 11 is 0. The Kier molecular flexibility index (Phi) is 13.3. The first-order valence-corrected chi connectivity index (χ1v) is 12.7. The Morgan fingerprint density at radius 1 is 0.850 bits per heavy atom. The third kappa shape index (κ3) is 12.3. The number of carboxylic acid groups (broad SMARTS) is 2. The number of esters is 1. The molecule has 0 bridgehead atoms. The van der Waals surface area contributed by atoms with Gasteiger partial charge in [0, 0.05) is 13.0 Å². The van der Waals surface area contributed by atoms with E-state index < -0.39 is 90.6 Å². The van der Waals surface area contributed by atoms with Crippen LogP contribution in [0.4, 0.5) is 4.79 Å². The van der Waals surface area contributed by atoms with Crippen molar-refractivity contribution in [1.82, 2.24) is 21.3 Å². The summed E-state index contributed by atoms with van der Waals surface area (Å²) in [6.07, 6.45) is -3.52. The molecule has 16 nitrogen and oxygen atoms in total. The molecule has 0 radical (unpaired) electrons. The van der Waals surface area contributed by atoms with Crippen LogP contribution in [-0.4, -0.2) is 101 Å². The molecule has 1 rings (SSSR count). The molecule has 16 heteroatoms. The predicted octanol–water partition coefficient (Wildman–Crippen LogP) is -0.954. The highest BCUT2D eigenvalue weighted by molar-refractivity contribution is 5.94. The van der Waals surface area contributed by atoms with E-state index in [2.05, 4.69) is 21.3 Å². The molecule has 1 heterocycles. The van der Waals surface area contributed by atoms with Crippen LogP contribution in [-0.2, 0) is 43.0 Å². The monoisotopic (exact) mass is 574 g/mol. The second-order valence-electron chi connectivity index (χ2n) is 9.85. The van der Waals surface area contributed by atoms with Gasteiger partial charge in [-0.25, -0.2) is 14.4 Å². The number of nitrogens with one attached hydrogen (secondary N) is 4. The van der Waals surface area contributed by atoms with Crippen LogP contribution in [0.3, 0.4) is 0 Å². The zero-order valence-corrected chi connectivity index (χ0v) is 23.1. The Morgan fingerprint density at radius 2 is 1.43 bits per heavy atom. The molecule has 4 amide bonds. The number of carbonyl (C=O) groups excluding carboxylic acids is 5. The SMILES string of the molecule is CCC[C@H](NC(=O)[C@H](CCC(=O)O)NC(=O)OC(C)(C)C)C(=O)N[C@@H](CNC(=O)C1OC1C(=O)OCC)C(=O)O. The van der Waals surface area contributed by atoms with Gasteiger partial charge in [0.05, 0.1) is 6.61 Å². The lowest BCUT2D eigenvalue weighted by molar-refractivity contribution is -0.145. The average Bonchev–Trinajstić information content (AvgIpc) is 3.63. The topological polar surface area (TPSA) is 239 Å². The van der Waals surface area contributed by atoms with E-state index in [-0.39, 0.29) is 19.4 Å². The van der Waals surface area contributed by atoms with Gasteiger partial charge in [0.15, 0.2) is 12.2 Å². The molecule has 0 aromatic heterocycles. The number of aliphatic carboxylic acids is 2. The number of ether oxygens (including phenoxy) is 3. The van der Waals surface area contributed by atoms with Gasteiger partial charge in [0.2, 0.25) is 11.8 Å². The molecule has 0 aromatic rings. The van der Waals surface area contributed by atoms with E-state index in [4.69, 9.17) is 19.3 Å². The highest BCUT2D eigenvalue weighted by atomic mass is 16.6. The smallest absolute Gasteiger partial charge is 0.408 e. The predicted molar refractivity (Wildman–Crippen MR) is 135 cm³/mol. The van der Waals surface area contributed by atoms with Crippen LogP contribution in [0.1, 0.15) is 60.3 Å². The Balaban J connectivity index is 2.83.